The lowest BCUT2D eigenvalue weighted by molar-refractivity contribution is 0.446. The lowest BCUT2D eigenvalue weighted by Gasteiger charge is -2.28. The summed E-state index contributed by atoms with van der Waals surface area (Å²) in [6, 6.07) is 59.2. The van der Waals surface area contributed by atoms with Gasteiger partial charge in [0.2, 0.25) is 0 Å². The third-order valence-electron chi connectivity index (χ3n) is 15.0. The minimum absolute atomic E-state index is 0.0878. The highest BCUT2D eigenvalue weighted by atomic mass is 16.3. The van der Waals surface area contributed by atoms with Gasteiger partial charge in [0.15, 0.2) is 0 Å². The van der Waals surface area contributed by atoms with Gasteiger partial charge in [-0.2, -0.15) is 0 Å². The Kier molecular flexibility index (Phi) is 11.5. The summed E-state index contributed by atoms with van der Waals surface area (Å²) < 4.78 is 2.30. The van der Waals surface area contributed by atoms with Crippen LogP contribution in [0.15, 0.2) is 176 Å². The van der Waals surface area contributed by atoms with E-state index in [0.29, 0.717) is 11.4 Å². The van der Waals surface area contributed by atoms with Crippen molar-refractivity contribution in [1.29, 1.82) is 0 Å². The van der Waals surface area contributed by atoms with E-state index >= 15 is 0 Å². The third kappa shape index (κ3) is 8.52. The fourth-order valence-corrected chi connectivity index (χ4v) is 10.8. The van der Waals surface area contributed by atoms with E-state index in [9.17, 15) is 5.11 Å². The van der Waals surface area contributed by atoms with Crippen molar-refractivity contribution in [2.75, 3.05) is 0 Å². The molecule has 5 nitrogen and oxygen atoms in total. The number of hydrogen-bond acceptors (Lipinski definition) is 4. The summed E-state index contributed by atoms with van der Waals surface area (Å²) in [6.45, 7) is 26.8. The van der Waals surface area contributed by atoms with Gasteiger partial charge < -0.3 is 5.11 Å². The Morgan fingerprint density at radius 3 is 1.73 bits per heavy atom. The van der Waals surface area contributed by atoms with Crippen molar-refractivity contribution in [1.82, 2.24) is 19.5 Å². The molecule has 1 N–H and O–H groups in total. The van der Waals surface area contributed by atoms with Crippen LogP contribution in [0, 0.1) is 0 Å². The predicted molar refractivity (Wildman–Crippen MR) is 313 cm³/mol. The van der Waals surface area contributed by atoms with E-state index in [2.05, 4.69) is 245 Å². The number of fused-ring (bicyclic) bond motifs is 7. The van der Waals surface area contributed by atoms with E-state index in [-0.39, 0.29) is 27.4 Å². The Balaban J connectivity index is 1.17. The number of hydrogen-bond donors (Lipinski definition) is 1. The van der Waals surface area contributed by atoms with Crippen LogP contribution < -0.4 is 0 Å². The van der Waals surface area contributed by atoms with Gasteiger partial charge in [-0.25, -0.2) is 4.98 Å². The minimum Gasteiger partial charge on any atom is -0.507 e. The first kappa shape index (κ1) is 48.4. The maximum Gasteiger partial charge on any atom is 0.149 e. The molecule has 0 amide bonds. The van der Waals surface area contributed by atoms with Gasteiger partial charge in [-0.3, -0.25) is 14.5 Å². The number of rotatable bonds is 6. The molecule has 74 heavy (non-hydrogen) atoms. The molecule has 3 heterocycles. The number of imidazole rings is 1. The lowest BCUT2D eigenvalue weighted by Crippen LogP contribution is -2.17. The van der Waals surface area contributed by atoms with Crippen molar-refractivity contribution < 1.29 is 5.11 Å². The fourth-order valence-electron chi connectivity index (χ4n) is 10.8. The number of para-hydroxylation sites is 1. The van der Waals surface area contributed by atoms with Gasteiger partial charge in [0, 0.05) is 45.4 Å². The van der Waals surface area contributed by atoms with E-state index in [1.54, 1.807) is 0 Å². The molecule has 0 fully saturated rings. The van der Waals surface area contributed by atoms with E-state index in [0.717, 1.165) is 88.8 Å². The lowest BCUT2D eigenvalue weighted by atomic mass is 9.79. The minimum atomic E-state index is -0.340. The smallest absolute Gasteiger partial charge is 0.149 e. The second-order valence-corrected chi connectivity index (χ2v) is 24.4. The van der Waals surface area contributed by atoms with Gasteiger partial charge >= 0.3 is 0 Å². The first-order chi connectivity index (χ1) is 35.1. The number of phenols is 1. The maximum absolute atomic E-state index is 12.7. The van der Waals surface area contributed by atoms with E-state index in [1.165, 1.54) is 27.3 Å². The zero-order valence-electron chi connectivity index (χ0n) is 45.0. The number of nitrogens with zero attached hydrogens (tertiary/aromatic N) is 4. The second-order valence-electron chi connectivity index (χ2n) is 24.4. The maximum atomic E-state index is 12.7. The number of phenolic OH excluding ortho intramolecular Hbond substituents is 1. The van der Waals surface area contributed by atoms with Crippen LogP contribution >= 0.6 is 0 Å². The fraction of sp³-hybridized carbons (Fsp3) is 0.232. The topological polar surface area (TPSA) is 63.8 Å². The molecule has 11 rings (SSSR count). The van der Waals surface area contributed by atoms with E-state index < -0.39 is 0 Å². The molecular weight excluding hydrogens is 901 g/mol. The predicted octanol–water partition coefficient (Wildman–Crippen LogP) is 18.5. The highest BCUT2D eigenvalue weighted by Gasteiger charge is 2.30. The van der Waals surface area contributed by atoms with Crippen LogP contribution in [0.1, 0.15) is 105 Å². The highest BCUT2D eigenvalue weighted by Crippen LogP contribution is 2.47. The summed E-state index contributed by atoms with van der Waals surface area (Å²) in [5.74, 6) is 0.941. The van der Waals surface area contributed by atoms with Crippen LogP contribution in [0.25, 0.3) is 105 Å². The van der Waals surface area contributed by atoms with Crippen LogP contribution in [0.2, 0.25) is 0 Å². The molecule has 0 unspecified atom stereocenters. The van der Waals surface area contributed by atoms with Gasteiger partial charge in [0.25, 0.3) is 0 Å². The molecule has 11 aromatic rings. The van der Waals surface area contributed by atoms with Gasteiger partial charge in [-0.1, -0.05) is 192 Å². The molecule has 0 bridgehead atoms. The molecule has 0 aliphatic heterocycles. The summed E-state index contributed by atoms with van der Waals surface area (Å²) in [4.78, 5) is 15.9. The van der Waals surface area contributed by atoms with Gasteiger partial charge in [0.05, 0.1) is 33.5 Å². The molecule has 3 aromatic heterocycles. The summed E-state index contributed by atoms with van der Waals surface area (Å²) >= 11 is 0. The molecular formula is C69H66N4O. The zero-order chi connectivity index (χ0) is 52.1. The molecule has 0 saturated heterocycles. The third-order valence-corrected chi connectivity index (χ3v) is 15.0. The molecule has 0 spiro atoms. The van der Waals surface area contributed by atoms with Gasteiger partial charge in [-0.05, 0) is 131 Å². The number of aromatic nitrogens is 4. The van der Waals surface area contributed by atoms with Crippen LogP contribution in [-0.2, 0) is 21.7 Å². The van der Waals surface area contributed by atoms with E-state index in [4.69, 9.17) is 15.0 Å². The molecule has 0 radical (unpaired) electrons. The summed E-state index contributed by atoms with van der Waals surface area (Å²) in [6.07, 6.45) is 3.84. The Labute approximate surface area is 436 Å². The van der Waals surface area contributed by atoms with Crippen molar-refractivity contribution in [3.8, 4) is 67.5 Å². The molecule has 0 aliphatic carbocycles. The molecule has 0 aliphatic rings. The SMILES string of the molecule is CC(C)(C)c1cc(-c2cc(-c3cccc4c5ccccc5c5cccnc5c34)ccn2)cc(-c2cccc3c2nc(-c2cc(C(C)(C)C)cc(C(C)(C)C)c2O)n3-c2ccc(C(C)(C)C)cc2-c2ccccc2)c1. The zero-order valence-corrected chi connectivity index (χ0v) is 45.0. The second kappa shape index (κ2) is 17.7. The first-order valence-electron chi connectivity index (χ1n) is 26.1. The Hall–Kier alpha value is -7.89. The number of pyridine rings is 2. The summed E-state index contributed by atoms with van der Waals surface area (Å²) in [5.41, 5.74) is 16.5. The van der Waals surface area contributed by atoms with Crippen molar-refractivity contribution in [2.24, 2.45) is 0 Å². The van der Waals surface area contributed by atoms with Crippen LogP contribution in [0.4, 0.5) is 0 Å². The van der Waals surface area contributed by atoms with Gasteiger partial charge in [0.1, 0.15) is 11.6 Å². The monoisotopic (exact) mass is 967 g/mol. The van der Waals surface area contributed by atoms with Crippen LogP contribution in [0.3, 0.4) is 0 Å². The summed E-state index contributed by atoms with van der Waals surface area (Å²) in [7, 11) is 0. The van der Waals surface area contributed by atoms with Crippen molar-refractivity contribution in [2.45, 2.75) is 105 Å². The Morgan fingerprint density at radius 2 is 1.01 bits per heavy atom. The van der Waals surface area contributed by atoms with E-state index in [1.807, 2.05) is 18.5 Å². The van der Waals surface area contributed by atoms with Crippen molar-refractivity contribution >= 4 is 43.5 Å². The standard InChI is InChI=1S/C69H66N4O/c1-66(2,3)46-30-31-59(55(39-46)42-21-14-13-15-22-42)73-60-29-19-26-50(62(60)72-65(73)56-40-48(68(7,8)9)41-57(64(56)74)69(10,11)12)44-35-45(37-47(36-44)67(4,5)6)58-38-43(32-34-70-58)49-25-18-27-53-51-23-16-17-24-52(51)54-28-20-33-71-63(54)61(49)53/h13-41,74H,1-12H3. The molecule has 5 heteroatoms. The first-order valence-corrected chi connectivity index (χ1v) is 26.1. The average molecular weight is 967 g/mol. The average Bonchev–Trinajstić information content (AvgIpc) is 3.78. The Morgan fingerprint density at radius 1 is 0.392 bits per heavy atom. The molecule has 368 valence electrons. The normalized spacial score (nSPS) is 12.6. The van der Waals surface area contributed by atoms with Crippen LogP contribution in [-0.4, -0.2) is 24.6 Å². The molecule has 0 saturated carbocycles. The van der Waals surface area contributed by atoms with Crippen LogP contribution in [0.5, 0.6) is 5.75 Å². The molecule has 0 atom stereocenters. The molecule has 8 aromatic carbocycles. The summed E-state index contributed by atoms with van der Waals surface area (Å²) in [5, 5.41) is 18.6. The largest absolute Gasteiger partial charge is 0.507 e. The van der Waals surface area contributed by atoms with Crippen molar-refractivity contribution in [3.63, 3.8) is 0 Å². The number of aromatic hydroxyl groups is 1. The quantitative estimate of drug-likeness (QED) is 0.169. The van der Waals surface area contributed by atoms with Crippen molar-refractivity contribution in [3.05, 3.63) is 198 Å². The number of benzene rings is 8. The highest BCUT2D eigenvalue weighted by molar-refractivity contribution is 6.27. The van der Waals surface area contributed by atoms with Gasteiger partial charge in [-0.15, -0.1) is 0 Å². The Bertz CT molecular complexity index is 3950.